The van der Waals surface area contributed by atoms with Gasteiger partial charge in [0.05, 0.1) is 12.1 Å². The van der Waals surface area contributed by atoms with Crippen molar-refractivity contribution in [3.05, 3.63) is 76.8 Å². The standard InChI is InChI=1S/C21H21N3O2S/c1-14(2)17-10-6-7-11-18(17)23-19(25)12-16-13-27-21(22-16)24-20(26)15-8-4-3-5-9-15/h3-11,13-14H,12H2,1-2H3,(H,23,25)(H,22,24,26). The van der Waals surface area contributed by atoms with Crippen molar-refractivity contribution in [3.63, 3.8) is 0 Å². The summed E-state index contributed by atoms with van der Waals surface area (Å²) in [5, 5.41) is 7.98. The number of anilines is 2. The molecular formula is C21H21N3O2S. The zero-order valence-corrected chi connectivity index (χ0v) is 16.0. The van der Waals surface area contributed by atoms with Gasteiger partial charge < -0.3 is 5.32 Å². The Morgan fingerprint density at radius 3 is 2.44 bits per heavy atom. The lowest BCUT2D eigenvalue weighted by atomic mass is 10.0. The molecule has 2 aromatic carbocycles. The predicted molar refractivity (Wildman–Crippen MR) is 109 cm³/mol. The molecule has 0 fully saturated rings. The number of thiazole rings is 1. The highest BCUT2D eigenvalue weighted by Gasteiger charge is 2.13. The van der Waals surface area contributed by atoms with Crippen LogP contribution in [0.5, 0.6) is 0 Å². The van der Waals surface area contributed by atoms with E-state index in [1.165, 1.54) is 11.3 Å². The first-order chi connectivity index (χ1) is 13.0. The number of nitrogens with one attached hydrogen (secondary N) is 2. The molecule has 5 nitrogen and oxygen atoms in total. The number of amides is 2. The number of aromatic nitrogens is 1. The Hall–Kier alpha value is -2.99. The van der Waals surface area contributed by atoms with Crippen molar-refractivity contribution in [2.24, 2.45) is 0 Å². The molecule has 3 aromatic rings. The molecule has 0 saturated heterocycles. The van der Waals surface area contributed by atoms with Crippen LogP contribution < -0.4 is 10.6 Å². The van der Waals surface area contributed by atoms with Crippen molar-refractivity contribution >= 4 is 34.0 Å². The molecule has 0 spiro atoms. The molecule has 1 aromatic heterocycles. The van der Waals surface area contributed by atoms with E-state index in [-0.39, 0.29) is 18.2 Å². The third kappa shape index (κ3) is 5.01. The fraction of sp³-hybridized carbons (Fsp3) is 0.190. The molecule has 3 rings (SSSR count). The number of carbonyl (C=O) groups is 2. The summed E-state index contributed by atoms with van der Waals surface area (Å²) in [4.78, 5) is 28.9. The fourth-order valence-corrected chi connectivity index (χ4v) is 3.38. The van der Waals surface area contributed by atoms with E-state index in [0.717, 1.165) is 11.3 Å². The lowest BCUT2D eigenvalue weighted by Crippen LogP contribution is -2.16. The molecule has 2 N–H and O–H groups in total. The molecule has 0 bridgehead atoms. The third-order valence-electron chi connectivity index (χ3n) is 4.01. The van der Waals surface area contributed by atoms with Gasteiger partial charge in [-0.3, -0.25) is 14.9 Å². The first-order valence-electron chi connectivity index (χ1n) is 8.72. The zero-order chi connectivity index (χ0) is 19.2. The van der Waals surface area contributed by atoms with Gasteiger partial charge >= 0.3 is 0 Å². The summed E-state index contributed by atoms with van der Waals surface area (Å²) in [6.07, 6.45) is 0.157. The van der Waals surface area contributed by atoms with Crippen LogP contribution in [0.2, 0.25) is 0 Å². The minimum absolute atomic E-state index is 0.130. The van der Waals surface area contributed by atoms with E-state index in [0.29, 0.717) is 22.3 Å². The van der Waals surface area contributed by atoms with E-state index in [4.69, 9.17) is 0 Å². The highest BCUT2D eigenvalue weighted by Crippen LogP contribution is 2.24. The van der Waals surface area contributed by atoms with E-state index >= 15 is 0 Å². The van der Waals surface area contributed by atoms with Gasteiger partial charge in [0, 0.05) is 16.6 Å². The van der Waals surface area contributed by atoms with Crippen LogP contribution in [-0.2, 0) is 11.2 Å². The maximum Gasteiger partial charge on any atom is 0.257 e. The van der Waals surface area contributed by atoms with Crippen molar-refractivity contribution in [1.29, 1.82) is 0 Å². The van der Waals surface area contributed by atoms with Crippen LogP contribution in [-0.4, -0.2) is 16.8 Å². The monoisotopic (exact) mass is 379 g/mol. The zero-order valence-electron chi connectivity index (χ0n) is 15.2. The van der Waals surface area contributed by atoms with E-state index in [1.807, 2.05) is 42.5 Å². The topological polar surface area (TPSA) is 71.1 Å². The summed E-state index contributed by atoms with van der Waals surface area (Å²) in [6.45, 7) is 4.18. The molecule has 27 heavy (non-hydrogen) atoms. The quantitative estimate of drug-likeness (QED) is 0.652. The summed E-state index contributed by atoms with van der Waals surface area (Å²) >= 11 is 1.31. The Bertz CT molecular complexity index is 935. The summed E-state index contributed by atoms with van der Waals surface area (Å²) in [5.41, 5.74) is 3.12. The normalized spacial score (nSPS) is 10.6. The van der Waals surface area contributed by atoms with Gasteiger partial charge in [-0.15, -0.1) is 11.3 Å². The third-order valence-corrected chi connectivity index (χ3v) is 4.81. The fourth-order valence-electron chi connectivity index (χ4n) is 2.68. The number of nitrogens with zero attached hydrogens (tertiary/aromatic N) is 1. The number of hydrogen-bond donors (Lipinski definition) is 2. The highest BCUT2D eigenvalue weighted by atomic mass is 32.1. The maximum absolute atomic E-state index is 12.4. The highest BCUT2D eigenvalue weighted by molar-refractivity contribution is 7.14. The average Bonchev–Trinajstić information content (AvgIpc) is 3.09. The maximum atomic E-state index is 12.4. The van der Waals surface area contributed by atoms with Crippen LogP contribution in [0.4, 0.5) is 10.8 Å². The summed E-state index contributed by atoms with van der Waals surface area (Å²) in [7, 11) is 0. The molecule has 138 valence electrons. The summed E-state index contributed by atoms with van der Waals surface area (Å²) < 4.78 is 0. The van der Waals surface area contributed by atoms with Crippen LogP contribution in [0.1, 0.15) is 41.4 Å². The van der Waals surface area contributed by atoms with Crippen molar-refractivity contribution in [3.8, 4) is 0 Å². The second-order valence-electron chi connectivity index (χ2n) is 6.43. The van der Waals surface area contributed by atoms with Crippen LogP contribution >= 0.6 is 11.3 Å². The molecule has 0 radical (unpaired) electrons. The van der Waals surface area contributed by atoms with E-state index in [9.17, 15) is 9.59 Å². The number of para-hydroxylation sites is 1. The second-order valence-corrected chi connectivity index (χ2v) is 7.29. The number of rotatable bonds is 6. The summed E-state index contributed by atoms with van der Waals surface area (Å²) in [6, 6.07) is 16.7. The number of benzene rings is 2. The van der Waals surface area contributed by atoms with Crippen molar-refractivity contribution in [2.45, 2.75) is 26.2 Å². The van der Waals surface area contributed by atoms with Crippen LogP contribution in [0.15, 0.2) is 60.0 Å². The van der Waals surface area contributed by atoms with Crippen molar-refractivity contribution in [2.75, 3.05) is 10.6 Å². The molecule has 0 aliphatic heterocycles. The van der Waals surface area contributed by atoms with Gasteiger partial charge in [-0.25, -0.2) is 4.98 Å². The molecule has 0 saturated carbocycles. The van der Waals surface area contributed by atoms with Crippen molar-refractivity contribution < 1.29 is 9.59 Å². The van der Waals surface area contributed by atoms with E-state index in [1.54, 1.807) is 17.5 Å². The Morgan fingerprint density at radius 1 is 1.00 bits per heavy atom. The van der Waals surface area contributed by atoms with Gasteiger partial charge in [0.15, 0.2) is 5.13 Å². The lowest BCUT2D eigenvalue weighted by Gasteiger charge is -2.13. The predicted octanol–water partition coefficient (Wildman–Crippen LogP) is 4.70. The van der Waals surface area contributed by atoms with Gasteiger partial charge in [-0.05, 0) is 29.7 Å². The Kier molecular flexibility index (Phi) is 5.98. The molecule has 0 unspecified atom stereocenters. The summed E-state index contributed by atoms with van der Waals surface area (Å²) in [5.74, 6) is -0.0262. The second kappa shape index (κ2) is 8.60. The SMILES string of the molecule is CC(C)c1ccccc1NC(=O)Cc1csc(NC(=O)c2ccccc2)n1. The minimum Gasteiger partial charge on any atom is -0.325 e. The average molecular weight is 379 g/mol. The Balaban J connectivity index is 1.61. The molecule has 0 aliphatic rings. The lowest BCUT2D eigenvalue weighted by molar-refractivity contribution is -0.115. The Labute approximate surface area is 162 Å². The van der Waals surface area contributed by atoms with Gasteiger partial charge in [-0.1, -0.05) is 50.2 Å². The molecule has 6 heteroatoms. The van der Waals surface area contributed by atoms with Gasteiger partial charge in [0.1, 0.15) is 0 Å². The minimum atomic E-state index is -0.216. The van der Waals surface area contributed by atoms with Gasteiger partial charge in [0.2, 0.25) is 5.91 Å². The molecular weight excluding hydrogens is 358 g/mol. The Morgan fingerprint density at radius 2 is 1.70 bits per heavy atom. The van der Waals surface area contributed by atoms with Crippen LogP contribution in [0.25, 0.3) is 0 Å². The van der Waals surface area contributed by atoms with E-state index < -0.39 is 0 Å². The van der Waals surface area contributed by atoms with Crippen LogP contribution in [0.3, 0.4) is 0 Å². The van der Waals surface area contributed by atoms with Crippen LogP contribution in [0, 0.1) is 0 Å². The molecule has 1 heterocycles. The smallest absolute Gasteiger partial charge is 0.257 e. The van der Waals surface area contributed by atoms with Crippen molar-refractivity contribution in [1.82, 2.24) is 4.98 Å². The number of carbonyl (C=O) groups excluding carboxylic acids is 2. The van der Waals surface area contributed by atoms with Gasteiger partial charge in [-0.2, -0.15) is 0 Å². The first kappa shape index (κ1) is 18.8. The van der Waals surface area contributed by atoms with E-state index in [2.05, 4.69) is 29.5 Å². The molecule has 2 amide bonds. The largest absolute Gasteiger partial charge is 0.325 e. The molecule has 0 atom stereocenters. The van der Waals surface area contributed by atoms with Gasteiger partial charge in [0.25, 0.3) is 5.91 Å². The molecule has 0 aliphatic carbocycles. The first-order valence-corrected chi connectivity index (χ1v) is 9.60. The number of hydrogen-bond acceptors (Lipinski definition) is 4.